The van der Waals surface area contributed by atoms with Crippen molar-refractivity contribution < 1.29 is 69.6 Å². The van der Waals surface area contributed by atoms with Crippen LogP contribution in [0.2, 0.25) is 0 Å². The molecule has 0 spiro atoms. The van der Waals surface area contributed by atoms with Crippen LogP contribution in [0.15, 0.2) is 63.5 Å². The number of ether oxygens (including phenoxy) is 5. The molecular formula is C37H41N4O13+. The number of hydrogen-bond donors (Lipinski definition) is 8. The third-order valence-corrected chi connectivity index (χ3v) is 9.87. The van der Waals surface area contributed by atoms with Gasteiger partial charge >= 0.3 is 11.8 Å². The quantitative estimate of drug-likeness (QED) is 0.148. The molecule has 0 bridgehead atoms. The number of aliphatic hydroxyl groups excluding tert-OH is 4. The van der Waals surface area contributed by atoms with Crippen LogP contribution >= 0.6 is 0 Å². The molecule has 1 saturated carbocycles. The van der Waals surface area contributed by atoms with Gasteiger partial charge in [0.15, 0.2) is 29.4 Å². The molecule has 17 nitrogen and oxygen atoms in total. The molecule has 7 unspecified atom stereocenters. The van der Waals surface area contributed by atoms with E-state index in [-0.39, 0.29) is 53.5 Å². The monoisotopic (exact) mass is 749 g/mol. The summed E-state index contributed by atoms with van der Waals surface area (Å²) in [5, 5.41) is 82.5. The summed E-state index contributed by atoms with van der Waals surface area (Å²) < 4.78 is 29.8. The number of nitrogens with zero attached hydrogens (tertiary/aromatic N) is 3. The first-order chi connectivity index (χ1) is 25.9. The fourth-order valence-electron chi connectivity index (χ4n) is 7.01. The zero-order valence-electron chi connectivity index (χ0n) is 28.9. The van der Waals surface area contributed by atoms with E-state index in [1.807, 2.05) is 0 Å². The molecule has 1 aliphatic carbocycles. The number of aliphatic carboxylic acids is 1. The maximum Gasteiger partial charge on any atom is 0.336 e. The second-order valence-corrected chi connectivity index (χ2v) is 13.7. The van der Waals surface area contributed by atoms with E-state index in [1.165, 1.54) is 18.5 Å². The zero-order valence-corrected chi connectivity index (χ0v) is 28.9. The van der Waals surface area contributed by atoms with Crippen LogP contribution in [-0.2, 0) is 9.53 Å². The van der Waals surface area contributed by atoms with Crippen molar-refractivity contribution in [3.8, 4) is 28.7 Å². The summed E-state index contributed by atoms with van der Waals surface area (Å²) in [6.07, 6.45) is -0.807. The normalized spacial score (nSPS) is 28.4. The van der Waals surface area contributed by atoms with Crippen LogP contribution in [0, 0.1) is 0 Å². The summed E-state index contributed by atoms with van der Waals surface area (Å²) in [6, 6.07) is 7.95. The van der Waals surface area contributed by atoms with Crippen LogP contribution in [-0.4, -0.2) is 121 Å². The molecule has 54 heavy (non-hydrogen) atoms. The van der Waals surface area contributed by atoms with Gasteiger partial charge in [-0.05, 0) is 54.4 Å². The molecule has 7 atom stereocenters. The number of hydrogen-bond acceptors (Lipinski definition) is 14. The summed E-state index contributed by atoms with van der Waals surface area (Å²) in [7, 11) is 0. The fourth-order valence-corrected chi connectivity index (χ4v) is 7.01. The topological polar surface area (TPSA) is 267 Å². The van der Waals surface area contributed by atoms with Gasteiger partial charge in [0.25, 0.3) is 0 Å². The summed E-state index contributed by atoms with van der Waals surface area (Å²) in [6.45, 7) is -0.00783. The van der Waals surface area contributed by atoms with Crippen molar-refractivity contribution >= 4 is 35.3 Å². The maximum absolute atomic E-state index is 12.4. The van der Waals surface area contributed by atoms with E-state index in [9.17, 15) is 40.5 Å². The van der Waals surface area contributed by atoms with Crippen LogP contribution in [0.3, 0.4) is 0 Å². The Balaban J connectivity index is 1.14. The van der Waals surface area contributed by atoms with E-state index >= 15 is 0 Å². The molecule has 17 heteroatoms. The Bertz CT molecular complexity index is 1940. The molecule has 2 aromatic rings. The standard InChI is InChI=1S/C37H40N4O13/c38-28-11-10-22(41-28)24(43)16-50-20-8-6-18(7-9-20)25-12-23(42)29-26(52-25)13-27(32(30(29)44)51-21-4-2-1-3-5-21)53-36-31(45)33(46)37(49,34(54-36)35(47)48)14-19-15-39-17-40-19/h6-13,17,21,24-25,31,33-34,36,38,42-46,49H,1-5,14-16H2,(H,47,48)/p+1. The third kappa shape index (κ3) is 7.40. The lowest BCUT2D eigenvalue weighted by Crippen LogP contribution is -2.69. The predicted molar refractivity (Wildman–Crippen MR) is 190 cm³/mol. The van der Waals surface area contributed by atoms with Crippen LogP contribution < -0.4 is 24.4 Å². The van der Waals surface area contributed by atoms with E-state index in [2.05, 4.69) is 15.0 Å². The van der Waals surface area contributed by atoms with Crippen molar-refractivity contribution in [1.82, 2.24) is 0 Å². The van der Waals surface area contributed by atoms with E-state index in [0.717, 1.165) is 19.3 Å². The fraction of sp³-hybridized carbons (Fsp3) is 0.432. The average molecular weight is 750 g/mol. The minimum absolute atomic E-state index is 0.0511. The molecule has 0 radical (unpaired) electrons. The minimum atomic E-state index is -2.50. The molecule has 9 N–H and O–H groups in total. The Kier molecular flexibility index (Phi) is 10.4. The number of aliphatic hydroxyl groups is 5. The van der Waals surface area contributed by atoms with Gasteiger partial charge in [-0.3, -0.25) is 10.4 Å². The number of aliphatic imine (C=N–C) groups is 3. The summed E-state index contributed by atoms with van der Waals surface area (Å²) >= 11 is 0. The molecule has 2 aromatic carbocycles. The number of carbonyl (C=O) groups is 1. The average Bonchev–Trinajstić information content (AvgIpc) is 3.84. The number of nitrogens with two attached hydrogens (primary N) is 1. The van der Waals surface area contributed by atoms with Gasteiger partial charge in [-0.15, -0.1) is 0 Å². The molecule has 0 amide bonds. The first kappa shape index (κ1) is 37.0. The molecule has 1 saturated heterocycles. The highest BCUT2D eigenvalue weighted by Crippen LogP contribution is 2.52. The molecular weight excluding hydrogens is 708 g/mol. The van der Waals surface area contributed by atoms with Gasteiger partial charge in [-0.2, -0.15) is 0 Å². The second kappa shape index (κ2) is 15.2. The maximum atomic E-state index is 12.4. The number of carboxylic acids is 1. The number of aromatic hydroxyl groups is 1. The Hall–Kier alpha value is -5.33. The highest BCUT2D eigenvalue weighted by Gasteiger charge is 2.59. The van der Waals surface area contributed by atoms with E-state index in [1.54, 1.807) is 36.4 Å². The Labute approximate surface area is 308 Å². The second-order valence-electron chi connectivity index (χ2n) is 13.7. The van der Waals surface area contributed by atoms with Gasteiger partial charge in [0.05, 0.1) is 12.6 Å². The first-order valence-corrected chi connectivity index (χ1v) is 17.5. The molecule has 0 aromatic heterocycles. The van der Waals surface area contributed by atoms with Gasteiger partial charge in [-0.1, -0.05) is 18.6 Å². The van der Waals surface area contributed by atoms with Gasteiger partial charge in [-0.25, -0.2) is 9.79 Å². The van der Waals surface area contributed by atoms with Gasteiger partial charge in [0, 0.05) is 30.4 Å². The van der Waals surface area contributed by atoms with Gasteiger partial charge < -0.3 is 59.4 Å². The molecule has 4 heterocycles. The summed E-state index contributed by atoms with van der Waals surface area (Å²) in [4.78, 5) is 24.3. The van der Waals surface area contributed by atoms with E-state index in [4.69, 9.17) is 29.1 Å². The number of amidine groups is 1. The number of phenolic OH excluding ortho intramolecular Hbond substituents is 1. The number of rotatable bonds is 12. The number of carboxylic acid groups (broad SMARTS) is 1. The lowest BCUT2D eigenvalue weighted by molar-refractivity contribution is -0.303. The predicted octanol–water partition coefficient (Wildman–Crippen LogP) is 0.559. The third-order valence-electron chi connectivity index (χ3n) is 9.87. The Morgan fingerprint density at radius 1 is 1.07 bits per heavy atom. The van der Waals surface area contributed by atoms with Gasteiger partial charge in [0.1, 0.15) is 59.7 Å². The van der Waals surface area contributed by atoms with E-state index in [0.29, 0.717) is 35.7 Å². The highest BCUT2D eigenvalue weighted by molar-refractivity contribution is 6.14. The molecule has 2 fully saturated rings. The van der Waals surface area contributed by atoms with Gasteiger partial charge in [0.2, 0.25) is 12.0 Å². The van der Waals surface area contributed by atoms with Crippen molar-refractivity contribution in [2.75, 3.05) is 13.2 Å². The first-order valence-electron chi connectivity index (χ1n) is 17.5. The largest absolute Gasteiger partial charge is 0.507 e. The van der Waals surface area contributed by atoms with Crippen LogP contribution in [0.25, 0.3) is 5.76 Å². The lowest BCUT2D eigenvalue weighted by atomic mass is 9.80. The molecule has 7 rings (SSSR count). The van der Waals surface area contributed by atoms with Crippen molar-refractivity contribution in [2.24, 2.45) is 15.0 Å². The SMILES string of the molecule is [NH2+]=C1C=CC(C(O)COc2ccc(C3C=C(O)c4c(cc(OC5OC(C(=O)O)C(O)(CC6=NC=NC6)C(O)C5O)c(OC5CCCCC5)c4O)O3)cc2)=N1. The number of phenols is 1. The Morgan fingerprint density at radius 2 is 1.83 bits per heavy atom. The lowest BCUT2D eigenvalue weighted by Gasteiger charge is -2.46. The zero-order chi connectivity index (χ0) is 38.1. The number of fused-ring (bicyclic) bond motifs is 1. The highest BCUT2D eigenvalue weighted by atomic mass is 16.7. The number of benzene rings is 2. The molecule has 5 aliphatic rings. The Morgan fingerprint density at radius 3 is 2.50 bits per heavy atom. The van der Waals surface area contributed by atoms with Crippen LogP contribution in [0.1, 0.15) is 55.8 Å². The van der Waals surface area contributed by atoms with Crippen molar-refractivity contribution in [3.63, 3.8) is 0 Å². The minimum Gasteiger partial charge on any atom is -0.507 e. The van der Waals surface area contributed by atoms with Crippen molar-refractivity contribution in [1.29, 1.82) is 0 Å². The summed E-state index contributed by atoms with van der Waals surface area (Å²) in [5.74, 6) is -2.30. The van der Waals surface area contributed by atoms with Crippen LogP contribution in [0.4, 0.5) is 0 Å². The van der Waals surface area contributed by atoms with E-state index < -0.39 is 60.6 Å². The van der Waals surface area contributed by atoms with Crippen LogP contribution in [0.5, 0.6) is 28.7 Å². The molecule has 4 aliphatic heterocycles. The smallest absolute Gasteiger partial charge is 0.336 e. The molecule has 286 valence electrons. The van der Waals surface area contributed by atoms with Crippen molar-refractivity contribution in [3.05, 3.63) is 59.7 Å². The van der Waals surface area contributed by atoms with Crippen molar-refractivity contribution in [2.45, 2.75) is 87.0 Å². The summed E-state index contributed by atoms with van der Waals surface area (Å²) in [5.41, 5.74) is -1.36.